The molecule has 1 aromatic heterocycles. The molecule has 1 aromatic carbocycles. The summed E-state index contributed by atoms with van der Waals surface area (Å²) in [6, 6.07) is 9.22. The lowest BCUT2D eigenvalue weighted by molar-refractivity contribution is -0.0915. The van der Waals surface area contributed by atoms with Gasteiger partial charge in [-0.2, -0.15) is 0 Å². The Morgan fingerprint density at radius 2 is 1.30 bits per heavy atom. The Balaban J connectivity index is 1.72. The molecule has 0 amide bonds. The van der Waals surface area contributed by atoms with Crippen molar-refractivity contribution in [2.75, 3.05) is 0 Å². The lowest BCUT2D eigenvalue weighted by Gasteiger charge is -2.69. The van der Waals surface area contributed by atoms with Gasteiger partial charge >= 0.3 is 11.4 Å². The zero-order valence-corrected chi connectivity index (χ0v) is 15.7. The molecular formula is C22H23N3O2. The third kappa shape index (κ3) is 1.44. The van der Waals surface area contributed by atoms with E-state index < -0.39 is 0 Å². The normalized spacial score (nSPS) is 35.5. The van der Waals surface area contributed by atoms with Gasteiger partial charge in [0.15, 0.2) is 0 Å². The van der Waals surface area contributed by atoms with Crippen molar-refractivity contribution < 1.29 is 0 Å². The SMILES string of the molecule is CC1=C(C)[C@H]2n3c(=O)n(-c4ccccc4)c(=O)n3[C@@H]1[C@]13C=C[C@@]21CCCC3. The van der Waals surface area contributed by atoms with Crippen molar-refractivity contribution >= 4 is 0 Å². The standard InChI is InChI=1S/C22H23N3O2/c1-14-15(2)18-22-11-7-6-10-21(22,12-13-22)17(14)24-19(26)23(20(27)25(18)24)16-8-4-3-5-9-16/h3-5,8-9,12-13,17-18H,6-7,10-11H2,1-2H3/t17-,18+,21-,22-/m0/s1. The van der Waals surface area contributed by atoms with Crippen LogP contribution >= 0.6 is 0 Å². The molecule has 5 aliphatic rings. The molecule has 3 heterocycles. The fourth-order valence-corrected chi connectivity index (χ4v) is 6.69. The molecule has 2 aliphatic heterocycles. The van der Waals surface area contributed by atoms with E-state index in [1.807, 2.05) is 30.3 Å². The van der Waals surface area contributed by atoms with Gasteiger partial charge in [0.05, 0.1) is 17.8 Å². The Hall–Kier alpha value is -2.56. The number of rotatable bonds is 1. The molecule has 0 N–H and O–H groups in total. The quantitative estimate of drug-likeness (QED) is 0.731. The van der Waals surface area contributed by atoms with Gasteiger partial charge in [-0.15, -0.1) is 0 Å². The molecule has 1 saturated carbocycles. The fraction of sp³-hybridized carbons (Fsp3) is 0.455. The van der Waals surface area contributed by atoms with Crippen LogP contribution in [0.2, 0.25) is 0 Å². The summed E-state index contributed by atoms with van der Waals surface area (Å²) in [4.78, 5) is 27.0. The van der Waals surface area contributed by atoms with Gasteiger partial charge in [0.1, 0.15) is 0 Å². The maximum absolute atomic E-state index is 13.5. The largest absolute Gasteiger partial charge is 0.352 e. The van der Waals surface area contributed by atoms with Crippen LogP contribution in [0.1, 0.15) is 51.6 Å². The van der Waals surface area contributed by atoms with Crippen LogP contribution in [0.3, 0.4) is 0 Å². The first-order valence-electron chi connectivity index (χ1n) is 9.93. The maximum atomic E-state index is 13.5. The number of benzene rings is 1. The minimum atomic E-state index is -0.207. The second-order valence-corrected chi connectivity index (χ2v) is 8.72. The average Bonchev–Trinajstić information content (AvgIpc) is 2.91. The van der Waals surface area contributed by atoms with Crippen molar-refractivity contribution in [2.24, 2.45) is 10.8 Å². The number of nitrogens with zero attached hydrogens (tertiary/aromatic N) is 3. The van der Waals surface area contributed by atoms with Crippen molar-refractivity contribution in [3.05, 3.63) is 74.6 Å². The highest BCUT2D eigenvalue weighted by Gasteiger charge is 2.70. The van der Waals surface area contributed by atoms with Gasteiger partial charge in [0, 0.05) is 10.8 Å². The first-order chi connectivity index (χ1) is 13.0. The van der Waals surface area contributed by atoms with Crippen LogP contribution in [0.4, 0.5) is 0 Å². The highest BCUT2D eigenvalue weighted by atomic mass is 16.2. The lowest BCUT2D eigenvalue weighted by Crippen LogP contribution is -2.67. The Labute approximate surface area is 157 Å². The summed E-state index contributed by atoms with van der Waals surface area (Å²) in [7, 11) is 0. The molecular weight excluding hydrogens is 338 g/mol. The summed E-state index contributed by atoms with van der Waals surface area (Å²) in [5.41, 5.74) is 2.78. The summed E-state index contributed by atoms with van der Waals surface area (Å²) >= 11 is 0. The van der Waals surface area contributed by atoms with E-state index in [1.54, 1.807) is 9.36 Å². The molecule has 2 bridgehead atoms. The zero-order valence-electron chi connectivity index (χ0n) is 15.7. The molecule has 1 fully saturated rings. The molecule has 0 spiro atoms. The second-order valence-electron chi connectivity index (χ2n) is 8.72. The molecule has 0 saturated heterocycles. The highest BCUT2D eigenvalue weighted by Crippen LogP contribution is 2.75. The summed E-state index contributed by atoms with van der Waals surface area (Å²) in [6.07, 6.45) is 9.29. The first-order valence-corrected chi connectivity index (χ1v) is 9.93. The van der Waals surface area contributed by atoms with Gasteiger partial charge in [-0.25, -0.2) is 23.5 Å². The van der Waals surface area contributed by atoms with Crippen molar-refractivity contribution in [2.45, 2.75) is 51.6 Å². The van der Waals surface area contributed by atoms with Crippen molar-refractivity contribution in [1.29, 1.82) is 0 Å². The molecule has 0 radical (unpaired) electrons. The van der Waals surface area contributed by atoms with Crippen molar-refractivity contribution in [3.8, 4) is 5.69 Å². The summed E-state index contributed by atoms with van der Waals surface area (Å²) in [5.74, 6) is 0. The number of hydrogen-bond donors (Lipinski definition) is 0. The van der Waals surface area contributed by atoms with Gasteiger partial charge in [-0.1, -0.05) is 43.2 Å². The van der Waals surface area contributed by atoms with Gasteiger partial charge in [0.25, 0.3) is 0 Å². The van der Waals surface area contributed by atoms with Crippen LogP contribution in [0.15, 0.2) is 63.2 Å². The Bertz CT molecular complexity index is 1090. The van der Waals surface area contributed by atoms with Crippen LogP contribution in [0.5, 0.6) is 0 Å². The molecule has 3 aliphatic carbocycles. The Morgan fingerprint density at radius 3 is 1.74 bits per heavy atom. The third-order valence-corrected chi connectivity index (χ3v) is 7.90. The van der Waals surface area contributed by atoms with E-state index in [4.69, 9.17) is 0 Å². The zero-order chi connectivity index (χ0) is 18.6. The van der Waals surface area contributed by atoms with Crippen LogP contribution in [0, 0.1) is 10.8 Å². The summed E-state index contributed by atoms with van der Waals surface area (Å²) in [6.45, 7) is 4.32. The molecule has 7 rings (SSSR count). The van der Waals surface area contributed by atoms with Gasteiger partial charge < -0.3 is 0 Å². The number of hydrogen-bond acceptors (Lipinski definition) is 2. The van der Waals surface area contributed by atoms with Gasteiger partial charge in [-0.05, 0) is 50.0 Å². The molecule has 5 nitrogen and oxygen atoms in total. The maximum Gasteiger partial charge on any atom is 0.352 e. The smallest absolute Gasteiger partial charge is 0.245 e. The van der Waals surface area contributed by atoms with Crippen LogP contribution in [-0.4, -0.2) is 13.9 Å². The summed E-state index contributed by atoms with van der Waals surface area (Å²) < 4.78 is 4.93. The second kappa shape index (κ2) is 4.64. The van der Waals surface area contributed by atoms with E-state index in [0.29, 0.717) is 5.69 Å². The lowest BCUT2D eigenvalue weighted by atomic mass is 9.39. The Kier molecular flexibility index (Phi) is 2.66. The monoisotopic (exact) mass is 361 g/mol. The molecule has 138 valence electrons. The number of allylic oxidation sites excluding steroid dienone is 4. The molecule has 4 atom stereocenters. The molecule has 5 heteroatoms. The van der Waals surface area contributed by atoms with Crippen LogP contribution in [-0.2, 0) is 0 Å². The topological polar surface area (TPSA) is 48.9 Å². The molecule has 0 unspecified atom stereocenters. The van der Waals surface area contributed by atoms with Crippen molar-refractivity contribution in [3.63, 3.8) is 0 Å². The predicted octanol–water partition coefficient (Wildman–Crippen LogP) is 3.36. The van der Waals surface area contributed by atoms with E-state index >= 15 is 0 Å². The van der Waals surface area contributed by atoms with Gasteiger partial charge in [-0.3, -0.25) is 0 Å². The van der Waals surface area contributed by atoms with Gasteiger partial charge in [0.2, 0.25) is 0 Å². The number of aromatic nitrogens is 3. The minimum Gasteiger partial charge on any atom is -0.245 e. The van der Waals surface area contributed by atoms with E-state index in [9.17, 15) is 9.59 Å². The number of para-hydroxylation sites is 1. The first kappa shape index (κ1) is 15.5. The van der Waals surface area contributed by atoms with E-state index in [-0.39, 0.29) is 34.3 Å². The van der Waals surface area contributed by atoms with E-state index in [0.717, 1.165) is 12.8 Å². The Morgan fingerprint density at radius 1 is 0.815 bits per heavy atom. The van der Waals surface area contributed by atoms with E-state index in [2.05, 4.69) is 26.0 Å². The molecule has 2 aromatic rings. The average molecular weight is 361 g/mol. The van der Waals surface area contributed by atoms with Crippen LogP contribution in [0.25, 0.3) is 5.69 Å². The fourth-order valence-electron chi connectivity index (χ4n) is 6.69. The van der Waals surface area contributed by atoms with Crippen LogP contribution < -0.4 is 11.4 Å². The van der Waals surface area contributed by atoms with Crippen molar-refractivity contribution in [1.82, 2.24) is 13.9 Å². The predicted molar refractivity (Wildman–Crippen MR) is 103 cm³/mol. The highest BCUT2D eigenvalue weighted by molar-refractivity contribution is 5.47. The third-order valence-electron chi connectivity index (χ3n) is 7.90. The summed E-state index contributed by atoms with van der Waals surface area (Å²) in [5, 5.41) is 0. The minimum absolute atomic E-state index is 0.00134. The molecule has 27 heavy (non-hydrogen) atoms. The van der Waals surface area contributed by atoms with E-state index in [1.165, 1.54) is 28.6 Å².